The number of ether oxygens (including phenoxy) is 1. The Morgan fingerprint density at radius 1 is 1.10 bits per heavy atom. The van der Waals surface area contributed by atoms with Crippen LogP contribution in [0, 0.1) is 12.8 Å². The lowest BCUT2D eigenvalue weighted by Crippen LogP contribution is -2.26. The number of nitrogens with zero attached hydrogens (tertiary/aromatic N) is 1. The van der Waals surface area contributed by atoms with Gasteiger partial charge in [-0.05, 0) is 48.1 Å². The standard InChI is InChI=1S/C25H25NO3/c1-15(2)22-11-18-10-19(17-8-6-5-7-9-17)21(25(28)29-4)12-20(18)23-13-24(27)16(3)14-26(22)23/h5-10,12-15,22H,11H2,1-4H3. The van der Waals surface area contributed by atoms with Crippen molar-refractivity contribution < 1.29 is 9.53 Å². The first-order chi connectivity index (χ1) is 13.9. The highest BCUT2D eigenvalue weighted by molar-refractivity contribution is 5.99. The second kappa shape index (κ2) is 7.36. The van der Waals surface area contributed by atoms with Crippen molar-refractivity contribution in [1.82, 2.24) is 4.57 Å². The number of esters is 1. The fraction of sp³-hybridized carbons (Fsp3) is 0.280. The molecule has 2 heterocycles. The van der Waals surface area contributed by atoms with Crippen LogP contribution < -0.4 is 5.43 Å². The summed E-state index contributed by atoms with van der Waals surface area (Å²) >= 11 is 0. The molecule has 148 valence electrons. The maximum Gasteiger partial charge on any atom is 0.338 e. The quantitative estimate of drug-likeness (QED) is 0.592. The van der Waals surface area contributed by atoms with Crippen molar-refractivity contribution in [2.45, 2.75) is 33.2 Å². The van der Waals surface area contributed by atoms with Gasteiger partial charge in [-0.25, -0.2) is 4.79 Å². The van der Waals surface area contributed by atoms with Crippen LogP contribution >= 0.6 is 0 Å². The van der Waals surface area contributed by atoms with E-state index in [9.17, 15) is 9.59 Å². The van der Waals surface area contributed by atoms with E-state index in [0.717, 1.165) is 39.9 Å². The number of fused-ring (bicyclic) bond motifs is 3. The molecule has 4 rings (SSSR count). The van der Waals surface area contributed by atoms with Crippen molar-refractivity contribution in [1.29, 1.82) is 0 Å². The second-order valence-electron chi connectivity index (χ2n) is 8.04. The number of aromatic nitrogens is 1. The maximum absolute atomic E-state index is 12.6. The van der Waals surface area contributed by atoms with Crippen molar-refractivity contribution in [3.8, 4) is 22.4 Å². The molecule has 4 heteroatoms. The summed E-state index contributed by atoms with van der Waals surface area (Å²) in [7, 11) is 1.40. The summed E-state index contributed by atoms with van der Waals surface area (Å²) in [6, 6.07) is 15.8. The molecule has 0 bridgehead atoms. The van der Waals surface area contributed by atoms with Crippen molar-refractivity contribution >= 4 is 5.97 Å². The van der Waals surface area contributed by atoms with Gasteiger partial charge in [0.25, 0.3) is 0 Å². The summed E-state index contributed by atoms with van der Waals surface area (Å²) in [4.78, 5) is 25.0. The summed E-state index contributed by atoms with van der Waals surface area (Å²) in [5.41, 5.74) is 6.04. The molecular formula is C25H25NO3. The van der Waals surface area contributed by atoms with Crippen LogP contribution in [0.5, 0.6) is 0 Å². The Hall–Kier alpha value is -3.14. The van der Waals surface area contributed by atoms with Crippen LogP contribution in [-0.4, -0.2) is 17.6 Å². The van der Waals surface area contributed by atoms with Gasteiger partial charge in [-0.3, -0.25) is 4.79 Å². The number of rotatable bonds is 3. The summed E-state index contributed by atoms with van der Waals surface area (Å²) in [6.07, 6.45) is 2.80. The van der Waals surface area contributed by atoms with Gasteiger partial charge in [-0.2, -0.15) is 0 Å². The minimum Gasteiger partial charge on any atom is -0.465 e. The van der Waals surface area contributed by atoms with E-state index in [1.54, 1.807) is 6.07 Å². The zero-order valence-corrected chi connectivity index (χ0v) is 17.2. The largest absolute Gasteiger partial charge is 0.465 e. The monoisotopic (exact) mass is 387 g/mol. The molecule has 4 nitrogen and oxygen atoms in total. The molecule has 3 aromatic rings. The lowest BCUT2D eigenvalue weighted by molar-refractivity contribution is 0.0601. The van der Waals surface area contributed by atoms with Crippen molar-refractivity contribution in [3.05, 3.63) is 81.6 Å². The molecule has 0 saturated carbocycles. The third-order valence-corrected chi connectivity index (χ3v) is 5.83. The highest BCUT2D eigenvalue weighted by atomic mass is 16.5. The number of methoxy groups -OCH3 is 1. The molecule has 0 N–H and O–H groups in total. The third kappa shape index (κ3) is 3.29. The van der Waals surface area contributed by atoms with E-state index < -0.39 is 0 Å². The SMILES string of the molecule is COC(=O)c1cc2c(cc1-c1ccccc1)CC(C(C)C)n1cc(C)c(=O)cc1-2. The van der Waals surface area contributed by atoms with Crippen LogP contribution in [-0.2, 0) is 11.2 Å². The number of hydrogen-bond acceptors (Lipinski definition) is 3. The smallest absolute Gasteiger partial charge is 0.338 e. The van der Waals surface area contributed by atoms with Crippen LogP contribution in [0.4, 0.5) is 0 Å². The maximum atomic E-state index is 12.6. The molecule has 29 heavy (non-hydrogen) atoms. The zero-order chi connectivity index (χ0) is 20.7. The first-order valence-electron chi connectivity index (χ1n) is 9.94. The van der Waals surface area contributed by atoms with Crippen LogP contribution in [0.25, 0.3) is 22.4 Å². The van der Waals surface area contributed by atoms with Crippen molar-refractivity contribution in [2.75, 3.05) is 7.11 Å². The molecule has 1 aliphatic rings. The molecule has 0 aliphatic carbocycles. The Balaban J connectivity index is 2.02. The molecule has 0 spiro atoms. The normalized spacial score (nSPS) is 15.0. The number of pyridine rings is 1. The molecule has 0 saturated heterocycles. The van der Waals surface area contributed by atoms with Crippen molar-refractivity contribution in [2.24, 2.45) is 5.92 Å². The van der Waals surface area contributed by atoms with Crippen LogP contribution in [0.3, 0.4) is 0 Å². The Morgan fingerprint density at radius 3 is 2.48 bits per heavy atom. The lowest BCUT2D eigenvalue weighted by Gasteiger charge is -2.34. The van der Waals surface area contributed by atoms with Gasteiger partial charge in [0.1, 0.15) is 0 Å². The van der Waals surface area contributed by atoms with Gasteiger partial charge < -0.3 is 9.30 Å². The molecule has 1 aromatic heterocycles. The molecule has 2 aromatic carbocycles. The fourth-order valence-corrected chi connectivity index (χ4v) is 4.21. The molecule has 1 aliphatic heterocycles. The third-order valence-electron chi connectivity index (χ3n) is 5.83. The average Bonchev–Trinajstić information content (AvgIpc) is 2.73. The first kappa shape index (κ1) is 19.2. The predicted molar refractivity (Wildman–Crippen MR) is 115 cm³/mol. The second-order valence-corrected chi connectivity index (χ2v) is 8.04. The molecular weight excluding hydrogens is 362 g/mol. The molecule has 1 unspecified atom stereocenters. The lowest BCUT2D eigenvalue weighted by atomic mass is 9.84. The Labute approximate surface area is 170 Å². The van der Waals surface area contributed by atoms with Gasteiger partial charge in [-0.1, -0.05) is 44.2 Å². The number of carbonyl (C=O) groups is 1. The van der Waals surface area contributed by atoms with E-state index in [1.165, 1.54) is 7.11 Å². The van der Waals surface area contributed by atoms with Gasteiger partial charge >= 0.3 is 5.97 Å². The van der Waals surface area contributed by atoms with Gasteiger partial charge in [-0.15, -0.1) is 0 Å². The van der Waals surface area contributed by atoms with Crippen molar-refractivity contribution in [3.63, 3.8) is 0 Å². The van der Waals surface area contributed by atoms with E-state index in [-0.39, 0.29) is 17.4 Å². The number of benzene rings is 2. The fourth-order valence-electron chi connectivity index (χ4n) is 4.21. The summed E-state index contributed by atoms with van der Waals surface area (Å²) in [5, 5.41) is 0. The molecule has 0 amide bonds. The Morgan fingerprint density at radius 2 is 1.83 bits per heavy atom. The van der Waals surface area contributed by atoms with Crippen LogP contribution in [0.15, 0.2) is 59.5 Å². The first-order valence-corrected chi connectivity index (χ1v) is 9.94. The van der Waals surface area contributed by atoms with E-state index >= 15 is 0 Å². The van der Waals surface area contributed by atoms with E-state index in [4.69, 9.17) is 4.74 Å². The minimum atomic E-state index is -0.376. The van der Waals surface area contributed by atoms with Gasteiger partial charge in [0, 0.05) is 29.4 Å². The van der Waals surface area contributed by atoms with Crippen LogP contribution in [0.2, 0.25) is 0 Å². The number of hydrogen-bond donors (Lipinski definition) is 0. The summed E-state index contributed by atoms with van der Waals surface area (Å²) in [6.45, 7) is 6.25. The zero-order valence-electron chi connectivity index (χ0n) is 17.2. The van der Waals surface area contributed by atoms with Gasteiger partial charge in [0.2, 0.25) is 0 Å². The highest BCUT2D eigenvalue weighted by Gasteiger charge is 2.28. The minimum absolute atomic E-state index is 0.0124. The molecule has 1 atom stereocenters. The predicted octanol–water partition coefficient (Wildman–Crippen LogP) is 5.03. The van der Waals surface area contributed by atoms with Gasteiger partial charge in [0.15, 0.2) is 5.43 Å². The summed E-state index contributed by atoms with van der Waals surface area (Å²) in [5.74, 6) is 0.0305. The summed E-state index contributed by atoms with van der Waals surface area (Å²) < 4.78 is 7.27. The molecule has 0 fully saturated rings. The van der Waals surface area contributed by atoms with Crippen LogP contribution in [0.1, 0.15) is 41.4 Å². The topological polar surface area (TPSA) is 48.3 Å². The average molecular weight is 387 g/mol. The number of carbonyl (C=O) groups excluding carboxylic acids is 1. The highest BCUT2D eigenvalue weighted by Crippen LogP contribution is 2.40. The number of aryl methyl sites for hydroxylation is 1. The van der Waals surface area contributed by atoms with E-state index in [0.29, 0.717) is 11.5 Å². The molecule has 0 radical (unpaired) electrons. The van der Waals surface area contributed by atoms with E-state index in [1.807, 2.05) is 49.5 Å². The van der Waals surface area contributed by atoms with E-state index in [2.05, 4.69) is 24.5 Å². The Bertz CT molecular complexity index is 1140. The van der Waals surface area contributed by atoms with Gasteiger partial charge in [0.05, 0.1) is 18.4 Å². The Kier molecular flexibility index (Phi) is 4.87.